The summed E-state index contributed by atoms with van der Waals surface area (Å²) in [5, 5.41) is 2.96. The molecule has 0 fully saturated rings. The van der Waals surface area contributed by atoms with E-state index in [-0.39, 0.29) is 4.83 Å². The fourth-order valence-electron chi connectivity index (χ4n) is 1.42. The molecule has 0 nitrogen and oxygen atoms in total. The van der Waals surface area contributed by atoms with Crippen molar-refractivity contribution in [2.24, 2.45) is 0 Å². The second-order valence-electron chi connectivity index (χ2n) is 3.40. The van der Waals surface area contributed by atoms with Crippen LogP contribution in [-0.2, 0) is 0 Å². The molecule has 2 rings (SSSR count). The average molecular weight is 302 g/mol. The lowest BCUT2D eigenvalue weighted by Gasteiger charge is -2.08. The van der Waals surface area contributed by atoms with Gasteiger partial charge in [0.05, 0.1) is 4.83 Å². The van der Waals surface area contributed by atoms with Crippen LogP contribution in [0.2, 0.25) is 5.02 Å². The molecule has 0 saturated heterocycles. The van der Waals surface area contributed by atoms with Crippen molar-refractivity contribution in [2.45, 2.75) is 11.8 Å². The van der Waals surface area contributed by atoms with Gasteiger partial charge in [-0.1, -0.05) is 39.7 Å². The molecule has 2 aromatic rings. The van der Waals surface area contributed by atoms with E-state index < -0.39 is 0 Å². The Morgan fingerprint density at radius 2 is 1.87 bits per heavy atom. The number of alkyl halides is 1. The summed E-state index contributed by atoms with van der Waals surface area (Å²) in [4.78, 5) is 1.60. The van der Waals surface area contributed by atoms with Crippen LogP contribution in [0.3, 0.4) is 0 Å². The molecule has 0 saturated carbocycles. The van der Waals surface area contributed by atoms with Crippen LogP contribution in [0.4, 0.5) is 0 Å². The van der Waals surface area contributed by atoms with E-state index in [0.717, 1.165) is 5.02 Å². The first-order valence-corrected chi connectivity index (χ1v) is 6.79. The minimum Gasteiger partial charge on any atom is -0.149 e. The molecular formula is C12H10BrClS. The van der Waals surface area contributed by atoms with Gasteiger partial charge in [-0.25, -0.2) is 0 Å². The Balaban J connectivity index is 2.28. The van der Waals surface area contributed by atoms with Crippen molar-refractivity contribution in [3.63, 3.8) is 0 Å². The molecule has 0 radical (unpaired) electrons. The van der Waals surface area contributed by atoms with Gasteiger partial charge in [0.15, 0.2) is 0 Å². The van der Waals surface area contributed by atoms with Crippen molar-refractivity contribution in [3.05, 3.63) is 56.7 Å². The smallest absolute Gasteiger partial charge is 0.0652 e. The number of benzene rings is 1. The Morgan fingerprint density at radius 1 is 1.20 bits per heavy atom. The normalized spacial score (nSPS) is 12.7. The molecule has 1 unspecified atom stereocenters. The zero-order valence-electron chi connectivity index (χ0n) is 8.21. The van der Waals surface area contributed by atoms with Crippen molar-refractivity contribution < 1.29 is 0 Å². The maximum atomic E-state index is 5.85. The third kappa shape index (κ3) is 2.63. The molecule has 0 spiro atoms. The SMILES string of the molecule is Cc1cc(C(Br)c2ccc(Cl)cc2)cs1. The highest BCUT2D eigenvalue weighted by Gasteiger charge is 2.11. The molecule has 1 aromatic carbocycles. The van der Waals surface area contributed by atoms with Crippen LogP contribution < -0.4 is 0 Å². The third-order valence-corrected chi connectivity index (χ3v) is 4.40. The van der Waals surface area contributed by atoms with Gasteiger partial charge in [0.1, 0.15) is 0 Å². The van der Waals surface area contributed by atoms with Crippen LogP contribution >= 0.6 is 38.9 Å². The van der Waals surface area contributed by atoms with Gasteiger partial charge in [0.25, 0.3) is 0 Å². The number of aryl methyl sites for hydroxylation is 1. The molecule has 0 N–H and O–H groups in total. The Hall–Kier alpha value is -0.310. The zero-order valence-corrected chi connectivity index (χ0v) is 11.4. The van der Waals surface area contributed by atoms with Crippen molar-refractivity contribution in [1.82, 2.24) is 0 Å². The molecule has 1 aromatic heterocycles. The van der Waals surface area contributed by atoms with Crippen molar-refractivity contribution in [2.75, 3.05) is 0 Å². The van der Waals surface area contributed by atoms with Crippen LogP contribution in [0, 0.1) is 6.92 Å². The third-order valence-electron chi connectivity index (χ3n) is 2.21. The second kappa shape index (κ2) is 4.69. The van der Waals surface area contributed by atoms with Gasteiger partial charge in [0.2, 0.25) is 0 Å². The molecule has 1 atom stereocenters. The van der Waals surface area contributed by atoms with E-state index in [1.165, 1.54) is 16.0 Å². The van der Waals surface area contributed by atoms with Gasteiger partial charge >= 0.3 is 0 Å². The summed E-state index contributed by atoms with van der Waals surface area (Å²) < 4.78 is 0. The Morgan fingerprint density at radius 3 is 2.40 bits per heavy atom. The fraction of sp³-hybridized carbons (Fsp3) is 0.167. The van der Waals surface area contributed by atoms with E-state index in [1.807, 2.05) is 12.1 Å². The van der Waals surface area contributed by atoms with E-state index in [4.69, 9.17) is 11.6 Å². The van der Waals surface area contributed by atoms with Crippen molar-refractivity contribution >= 4 is 38.9 Å². The molecule has 3 heteroatoms. The molecule has 1 heterocycles. The molecule has 0 amide bonds. The van der Waals surface area contributed by atoms with Crippen LogP contribution in [0.15, 0.2) is 35.7 Å². The van der Waals surface area contributed by atoms with Crippen molar-refractivity contribution in [3.8, 4) is 0 Å². The zero-order chi connectivity index (χ0) is 10.8. The first-order chi connectivity index (χ1) is 7.16. The number of halogens is 2. The fourth-order valence-corrected chi connectivity index (χ4v) is 3.02. The van der Waals surface area contributed by atoms with Crippen LogP contribution in [-0.4, -0.2) is 0 Å². The minimum atomic E-state index is 0.264. The van der Waals surface area contributed by atoms with Gasteiger partial charge in [-0.05, 0) is 41.6 Å². The summed E-state index contributed by atoms with van der Waals surface area (Å²) in [6.45, 7) is 2.12. The lowest BCUT2D eigenvalue weighted by atomic mass is 10.1. The van der Waals surface area contributed by atoms with Gasteiger partial charge in [-0.15, -0.1) is 11.3 Å². The number of hydrogen-bond donors (Lipinski definition) is 0. The Kier molecular flexibility index (Phi) is 3.49. The molecule has 0 aliphatic heterocycles. The Bertz CT molecular complexity index is 447. The number of rotatable bonds is 2. The minimum absolute atomic E-state index is 0.264. The summed E-state index contributed by atoms with van der Waals surface area (Å²) >= 11 is 11.3. The lowest BCUT2D eigenvalue weighted by Crippen LogP contribution is -1.89. The molecule has 0 bridgehead atoms. The van der Waals surface area contributed by atoms with E-state index >= 15 is 0 Å². The lowest BCUT2D eigenvalue weighted by molar-refractivity contribution is 1.19. The first-order valence-electron chi connectivity index (χ1n) is 4.61. The van der Waals surface area contributed by atoms with Gasteiger partial charge in [-0.3, -0.25) is 0 Å². The standard InChI is InChI=1S/C12H10BrClS/c1-8-6-10(7-15-8)12(13)9-2-4-11(14)5-3-9/h2-7,12H,1H3. The van der Waals surface area contributed by atoms with E-state index in [2.05, 4.69) is 46.4 Å². The van der Waals surface area contributed by atoms with Crippen LogP contribution in [0.25, 0.3) is 0 Å². The molecule has 78 valence electrons. The predicted octanol–water partition coefficient (Wildman–Crippen LogP) is 5.19. The summed E-state index contributed by atoms with van der Waals surface area (Å²) in [6.07, 6.45) is 0. The summed E-state index contributed by atoms with van der Waals surface area (Å²) in [7, 11) is 0. The van der Waals surface area contributed by atoms with E-state index in [1.54, 1.807) is 11.3 Å². The number of hydrogen-bond acceptors (Lipinski definition) is 1. The molecule has 0 aliphatic rings. The van der Waals surface area contributed by atoms with Crippen molar-refractivity contribution in [1.29, 1.82) is 0 Å². The van der Waals surface area contributed by atoms with E-state index in [0.29, 0.717) is 0 Å². The predicted molar refractivity (Wildman–Crippen MR) is 71.3 cm³/mol. The number of thiophene rings is 1. The van der Waals surface area contributed by atoms with Gasteiger partial charge < -0.3 is 0 Å². The summed E-state index contributed by atoms with van der Waals surface area (Å²) in [5.41, 5.74) is 2.54. The molecular weight excluding hydrogens is 292 g/mol. The second-order valence-corrected chi connectivity index (χ2v) is 5.87. The monoisotopic (exact) mass is 300 g/mol. The highest BCUT2D eigenvalue weighted by molar-refractivity contribution is 9.09. The largest absolute Gasteiger partial charge is 0.149 e. The first kappa shape index (κ1) is 11.2. The topological polar surface area (TPSA) is 0 Å². The van der Waals surface area contributed by atoms with E-state index in [9.17, 15) is 0 Å². The summed E-state index contributed by atoms with van der Waals surface area (Å²) in [5.74, 6) is 0. The van der Waals surface area contributed by atoms with Crippen LogP contribution in [0.5, 0.6) is 0 Å². The van der Waals surface area contributed by atoms with Crippen LogP contribution in [0.1, 0.15) is 20.8 Å². The highest BCUT2D eigenvalue weighted by Crippen LogP contribution is 2.33. The van der Waals surface area contributed by atoms with Gasteiger partial charge in [-0.2, -0.15) is 0 Å². The maximum absolute atomic E-state index is 5.85. The highest BCUT2D eigenvalue weighted by atomic mass is 79.9. The maximum Gasteiger partial charge on any atom is 0.0652 e. The average Bonchev–Trinajstić information content (AvgIpc) is 2.65. The Labute approximate surface area is 107 Å². The quantitative estimate of drug-likeness (QED) is 0.669. The van der Waals surface area contributed by atoms with Gasteiger partial charge in [0, 0.05) is 9.90 Å². The molecule has 0 aliphatic carbocycles. The summed E-state index contributed by atoms with van der Waals surface area (Å²) in [6, 6.07) is 10.1. The molecule has 15 heavy (non-hydrogen) atoms.